The van der Waals surface area contributed by atoms with Gasteiger partial charge in [0.25, 0.3) is 0 Å². The Bertz CT molecular complexity index is 496. The van der Waals surface area contributed by atoms with Gasteiger partial charge in [-0.1, -0.05) is 48.5 Å². The van der Waals surface area contributed by atoms with Gasteiger partial charge in [-0.15, -0.1) is 11.6 Å². The Morgan fingerprint density at radius 3 is 2.11 bits per heavy atom. The lowest BCUT2D eigenvalue weighted by Gasteiger charge is -2.17. The fourth-order valence-corrected chi connectivity index (χ4v) is 1.79. The number of benzene rings is 2. The number of carbonyl (C=O) groups excluding carboxylic acids is 1. The van der Waals surface area contributed by atoms with Gasteiger partial charge in [-0.2, -0.15) is 0 Å². The highest BCUT2D eigenvalue weighted by Gasteiger charge is 2.21. The van der Waals surface area contributed by atoms with Crippen LogP contribution in [0, 0.1) is 0 Å². The van der Waals surface area contributed by atoms with Gasteiger partial charge in [-0.05, 0) is 17.7 Å². The van der Waals surface area contributed by atoms with E-state index in [4.69, 9.17) is 16.3 Å². The van der Waals surface area contributed by atoms with Crippen molar-refractivity contribution in [3.63, 3.8) is 0 Å². The second-order valence-electron chi connectivity index (χ2n) is 3.82. The quantitative estimate of drug-likeness (QED) is 0.768. The van der Waals surface area contributed by atoms with Crippen molar-refractivity contribution in [2.45, 2.75) is 6.10 Å². The van der Waals surface area contributed by atoms with Gasteiger partial charge in [0.15, 0.2) is 11.9 Å². The Labute approximate surface area is 111 Å². The molecule has 0 aliphatic heterocycles. The second-order valence-corrected chi connectivity index (χ2v) is 4.09. The fraction of sp³-hybridized carbons (Fsp3) is 0.133. The lowest BCUT2D eigenvalue weighted by Crippen LogP contribution is -2.19. The molecule has 1 unspecified atom stereocenters. The van der Waals surface area contributed by atoms with E-state index in [0.717, 1.165) is 5.56 Å². The summed E-state index contributed by atoms with van der Waals surface area (Å²) in [5.41, 5.74) is 0.812. The molecule has 0 aromatic heterocycles. The van der Waals surface area contributed by atoms with Crippen LogP contribution in [0.3, 0.4) is 0 Å². The molecule has 0 aliphatic carbocycles. The zero-order valence-corrected chi connectivity index (χ0v) is 10.5. The van der Waals surface area contributed by atoms with Gasteiger partial charge in [0.05, 0.1) is 5.88 Å². The smallest absolute Gasteiger partial charge is 0.192 e. The number of ketones is 1. The zero-order valence-electron chi connectivity index (χ0n) is 9.75. The molecule has 0 fully saturated rings. The van der Waals surface area contributed by atoms with Crippen molar-refractivity contribution in [3.05, 3.63) is 66.2 Å². The molecule has 0 radical (unpaired) electrons. The molecule has 2 aromatic carbocycles. The largest absolute Gasteiger partial charge is 0.478 e. The summed E-state index contributed by atoms with van der Waals surface area (Å²) in [7, 11) is 0. The number of carbonyl (C=O) groups is 1. The van der Waals surface area contributed by atoms with Gasteiger partial charge in [-0.3, -0.25) is 4.79 Å². The maximum atomic E-state index is 11.9. The van der Waals surface area contributed by atoms with Gasteiger partial charge in [0.1, 0.15) is 5.75 Å². The Kier molecular flexibility index (Phi) is 4.37. The molecule has 2 nitrogen and oxygen atoms in total. The molecule has 18 heavy (non-hydrogen) atoms. The van der Waals surface area contributed by atoms with E-state index in [1.54, 1.807) is 0 Å². The first-order chi connectivity index (χ1) is 8.81. The van der Waals surface area contributed by atoms with Crippen LogP contribution >= 0.6 is 11.6 Å². The van der Waals surface area contributed by atoms with Crippen molar-refractivity contribution < 1.29 is 9.53 Å². The summed E-state index contributed by atoms with van der Waals surface area (Å²) < 4.78 is 5.72. The highest BCUT2D eigenvalue weighted by atomic mass is 35.5. The van der Waals surface area contributed by atoms with E-state index >= 15 is 0 Å². The van der Waals surface area contributed by atoms with Gasteiger partial charge in [-0.25, -0.2) is 0 Å². The normalized spacial score (nSPS) is 11.8. The summed E-state index contributed by atoms with van der Waals surface area (Å²) in [6.07, 6.45) is -0.647. The zero-order chi connectivity index (χ0) is 12.8. The summed E-state index contributed by atoms with van der Waals surface area (Å²) in [6, 6.07) is 18.6. The number of ether oxygens (including phenoxy) is 1. The molecule has 0 saturated carbocycles. The van der Waals surface area contributed by atoms with Crippen LogP contribution in [0.5, 0.6) is 5.75 Å². The van der Waals surface area contributed by atoms with Gasteiger partial charge >= 0.3 is 0 Å². The summed E-state index contributed by atoms with van der Waals surface area (Å²) in [5.74, 6) is 0.448. The van der Waals surface area contributed by atoms with E-state index in [2.05, 4.69) is 0 Å². The third-order valence-corrected chi connectivity index (χ3v) is 2.79. The molecule has 3 heteroatoms. The highest BCUT2D eigenvalue weighted by molar-refractivity contribution is 6.28. The van der Waals surface area contributed by atoms with Gasteiger partial charge < -0.3 is 4.74 Å². The van der Waals surface area contributed by atoms with Crippen LogP contribution in [-0.4, -0.2) is 11.7 Å². The van der Waals surface area contributed by atoms with Gasteiger partial charge in [0, 0.05) is 0 Å². The molecular formula is C15H13ClO2. The molecule has 0 saturated heterocycles. The Balaban J connectivity index is 2.24. The third-order valence-electron chi connectivity index (χ3n) is 2.52. The number of rotatable bonds is 5. The number of Topliss-reactive ketones (excluding diaryl/α,β-unsaturated/α-hetero) is 1. The molecule has 0 amide bonds. The van der Waals surface area contributed by atoms with Crippen molar-refractivity contribution in [1.82, 2.24) is 0 Å². The number of hydrogen-bond donors (Lipinski definition) is 0. The van der Waals surface area contributed by atoms with Crippen LogP contribution in [0.4, 0.5) is 0 Å². The van der Waals surface area contributed by atoms with E-state index < -0.39 is 6.10 Å². The van der Waals surface area contributed by atoms with Crippen LogP contribution in [0.25, 0.3) is 0 Å². The molecule has 2 rings (SSSR count). The van der Waals surface area contributed by atoms with Crippen molar-refractivity contribution in [2.75, 3.05) is 5.88 Å². The summed E-state index contributed by atoms with van der Waals surface area (Å²) in [5, 5.41) is 0. The summed E-state index contributed by atoms with van der Waals surface area (Å²) in [6.45, 7) is 0. The molecule has 0 heterocycles. The molecule has 0 N–H and O–H groups in total. The predicted octanol–water partition coefficient (Wildman–Crippen LogP) is 3.61. The Hall–Kier alpha value is -1.80. The van der Waals surface area contributed by atoms with Crippen LogP contribution < -0.4 is 4.74 Å². The van der Waals surface area contributed by atoms with Crippen molar-refractivity contribution in [2.24, 2.45) is 0 Å². The average molecular weight is 261 g/mol. The summed E-state index contributed by atoms with van der Waals surface area (Å²) >= 11 is 5.63. The van der Waals surface area contributed by atoms with E-state index in [1.165, 1.54) is 0 Å². The standard InChI is InChI=1S/C15H13ClO2/c16-11-14(17)15(12-7-3-1-4-8-12)18-13-9-5-2-6-10-13/h1-10,15H,11H2. The first kappa shape index (κ1) is 12.7. The molecule has 0 bridgehead atoms. The maximum absolute atomic E-state index is 11.9. The van der Waals surface area contributed by atoms with Crippen LogP contribution in [0.1, 0.15) is 11.7 Å². The van der Waals surface area contributed by atoms with Crippen LogP contribution in [-0.2, 0) is 4.79 Å². The lowest BCUT2D eigenvalue weighted by atomic mass is 10.1. The molecule has 2 aromatic rings. The van der Waals surface area contributed by atoms with Crippen LogP contribution in [0.2, 0.25) is 0 Å². The first-order valence-electron chi connectivity index (χ1n) is 5.66. The molecule has 0 spiro atoms. The summed E-state index contributed by atoms with van der Waals surface area (Å²) in [4.78, 5) is 11.9. The first-order valence-corrected chi connectivity index (χ1v) is 6.20. The lowest BCUT2D eigenvalue weighted by molar-refractivity contribution is -0.123. The minimum absolute atomic E-state index is 0.0631. The monoisotopic (exact) mass is 260 g/mol. The van der Waals surface area contributed by atoms with Crippen LogP contribution in [0.15, 0.2) is 60.7 Å². The number of alkyl halides is 1. The third kappa shape index (κ3) is 3.11. The fourth-order valence-electron chi connectivity index (χ4n) is 1.65. The second kappa shape index (κ2) is 6.22. The van der Waals surface area contributed by atoms with Crippen molar-refractivity contribution in [3.8, 4) is 5.75 Å². The molecule has 1 atom stereocenters. The number of hydrogen-bond acceptors (Lipinski definition) is 2. The predicted molar refractivity (Wildman–Crippen MR) is 72.0 cm³/mol. The molecule has 0 aliphatic rings. The van der Waals surface area contributed by atoms with Crippen molar-refractivity contribution >= 4 is 17.4 Å². The average Bonchev–Trinajstić information content (AvgIpc) is 2.46. The minimum Gasteiger partial charge on any atom is -0.478 e. The SMILES string of the molecule is O=C(CCl)C(Oc1ccccc1)c1ccccc1. The topological polar surface area (TPSA) is 26.3 Å². The maximum Gasteiger partial charge on any atom is 0.192 e. The molecule has 92 valence electrons. The van der Waals surface area contributed by atoms with E-state index in [1.807, 2.05) is 60.7 Å². The molecular weight excluding hydrogens is 248 g/mol. The number of halogens is 1. The van der Waals surface area contributed by atoms with E-state index in [-0.39, 0.29) is 11.7 Å². The Morgan fingerprint density at radius 2 is 1.56 bits per heavy atom. The van der Waals surface area contributed by atoms with Crippen molar-refractivity contribution in [1.29, 1.82) is 0 Å². The van der Waals surface area contributed by atoms with Gasteiger partial charge in [0.2, 0.25) is 0 Å². The van der Waals surface area contributed by atoms with E-state index in [9.17, 15) is 4.79 Å². The number of para-hydroxylation sites is 1. The minimum atomic E-state index is -0.647. The Morgan fingerprint density at radius 1 is 1.00 bits per heavy atom. The highest BCUT2D eigenvalue weighted by Crippen LogP contribution is 2.22. The van der Waals surface area contributed by atoms with E-state index in [0.29, 0.717) is 5.75 Å².